The fraction of sp³-hybridized carbons (Fsp3) is 0.652. The Morgan fingerprint density at radius 3 is 2.42 bits per heavy atom. The molecule has 1 aromatic heterocycles. The fourth-order valence-electron chi connectivity index (χ4n) is 4.78. The molecular formula is C23H35N5O3. The van der Waals surface area contributed by atoms with Crippen LogP contribution < -0.4 is 15.9 Å². The van der Waals surface area contributed by atoms with Crippen LogP contribution in [0.5, 0.6) is 0 Å². The average Bonchev–Trinajstić information content (AvgIpc) is 3.01. The van der Waals surface area contributed by atoms with Crippen LogP contribution in [0.4, 0.5) is 10.5 Å². The van der Waals surface area contributed by atoms with E-state index < -0.39 is 5.60 Å². The molecule has 2 saturated heterocycles. The Morgan fingerprint density at radius 2 is 1.77 bits per heavy atom. The van der Waals surface area contributed by atoms with Crippen LogP contribution >= 0.6 is 0 Å². The molecule has 2 aliphatic rings. The monoisotopic (exact) mass is 429 g/mol. The van der Waals surface area contributed by atoms with Gasteiger partial charge in [-0.25, -0.2) is 9.59 Å². The standard InChI is InChI=1S/C23H35N5O3/c1-23(2,3)31-22(30)24-16-7-11-27(12-8-16)17-9-13-28(14-10-17)18-5-6-19-20(15-18)26(4)21(29)25-19/h5-6,15-17H,7-14H2,1-4H3,(H,24,30)(H,25,29). The topological polar surface area (TPSA) is 82.6 Å². The molecule has 0 spiro atoms. The summed E-state index contributed by atoms with van der Waals surface area (Å²) in [7, 11) is 1.80. The van der Waals surface area contributed by atoms with Crippen LogP contribution in [0.1, 0.15) is 46.5 Å². The lowest BCUT2D eigenvalue weighted by Gasteiger charge is -2.42. The van der Waals surface area contributed by atoms with Crippen LogP contribution in [0, 0.1) is 0 Å². The fourth-order valence-corrected chi connectivity index (χ4v) is 4.78. The molecule has 8 heteroatoms. The Balaban J connectivity index is 1.27. The number of aryl methyl sites for hydroxylation is 1. The van der Waals surface area contributed by atoms with Gasteiger partial charge in [0.1, 0.15) is 5.60 Å². The zero-order valence-corrected chi connectivity index (χ0v) is 19.1. The minimum Gasteiger partial charge on any atom is -0.444 e. The van der Waals surface area contributed by atoms with E-state index in [1.807, 2.05) is 26.8 Å². The second-order valence-corrected chi connectivity index (χ2v) is 9.87. The second kappa shape index (κ2) is 8.57. The summed E-state index contributed by atoms with van der Waals surface area (Å²) in [6.07, 6.45) is 3.90. The number of piperidine rings is 2. The van der Waals surface area contributed by atoms with Crippen molar-refractivity contribution in [3.8, 4) is 0 Å². The van der Waals surface area contributed by atoms with E-state index in [9.17, 15) is 9.59 Å². The number of benzene rings is 1. The molecule has 31 heavy (non-hydrogen) atoms. The van der Waals surface area contributed by atoms with Gasteiger partial charge in [-0.1, -0.05) is 0 Å². The maximum atomic E-state index is 12.0. The number of fused-ring (bicyclic) bond motifs is 1. The predicted octanol–water partition coefficient (Wildman–Crippen LogP) is 2.82. The van der Waals surface area contributed by atoms with Gasteiger partial charge in [0.05, 0.1) is 11.0 Å². The number of ether oxygens (including phenoxy) is 1. The van der Waals surface area contributed by atoms with Gasteiger partial charge in [0, 0.05) is 51.0 Å². The molecule has 1 amide bonds. The lowest BCUT2D eigenvalue weighted by atomic mass is 9.97. The number of rotatable bonds is 3. The molecule has 0 aliphatic carbocycles. The Bertz CT molecular complexity index is 973. The number of aromatic amines is 1. The van der Waals surface area contributed by atoms with Gasteiger partial charge in [0.25, 0.3) is 0 Å². The number of aromatic nitrogens is 2. The maximum Gasteiger partial charge on any atom is 0.407 e. The van der Waals surface area contributed by atoms with E-state index in [2.05, 4.69) is 32.2 Å². The third-order valence-corrected chi connectivity index (χ3v) is 6.49. The first-order chi connectivity index (χ1) is 14.7. The van der Waals surface area contributed by atoms with Gasteiger partial charge < -0.3 is 24.8 Å². The lowest BCUT2D eigenvalue weighted by Crippen LogP contribution is -2.51. The Hall–Kier alpha value is -2.48. The molecule has 0 saturated carbocycles. The Kier molecular flexibility index (Phi) is 6.01. The number of nitrogens with one attached hydrogen (secondary N) is 2. The first kappa shape index (κ1) is 21.7. The van der Waals surface area contributed by atoms with Crippen LogP contribution in [0.3, 0.4) is 0 Å². The van der Waals surface area contributed by atoms with Crippen molar-refractivity contribution in [2.24, 2.45) is 7.05 Å². The average molecular weight is 430 g/mol. The Morgan fingerprint density at radius 1 is 1.10 bits per heavy atom. The van der Waals surface area contributed by atoms with Crippen LogP contribution in [-0.2, 0) is 11.8 Å². The molecule has 2 aliphatic heterocycles. The van der Waals surface area contributed by atoms with Gasteiger partial charge in [0.15, 0.2) is 0 Å². The zero-order chi connectivity index (χ0) is 22.2. The summed E-state index contributed by atoms with van der Waals surface area (Å²) in [4.78, 5) is 31.7. The molecule has 8 nitrogen and oxygen atoms in total. The normalized spacial score (nSPS) is 19.7. The third kappa shape index (κ3) is 5.06. The molecule has 0 unspecified atom stereocenters. The van der Waals surface area contributed by atoms with Gasteiger partial charge in [-0.05, 0) is 64.7 Å². The van der Waals surface area contributed by atoms with Gasteiger partial charge in [-0.3, -0.25) is 4.57 Å². The van der Waals surface area contributed by atoms with E-state index in [0.29, 0.717) is 6.04 Å². The van der Waals surface area contributed by atoms with Crippen molar-refractivity contribution in [3.63, 3.8) is 0 Å². The number of anilines is 1. The molecule has 0 bridgehead atoms. The number of carbonyl (C=O) groups excluding carboxylic acids is 1. The summed E-state index contributed by atoms with van der Waals surface area (Å²) < 4.78 is 7.05. The molecule has 0 radical (unpaired) electrons. The van der Waals surface area contributed by atoms with Crippen molar-refractivity contribution in [2.45, 2.75) is 64.1 Å². The SMILES string of the molecule is Cn1c(=O)[nH]c2ccc(N3CCC(N4CCC(NC(=O)OC(C)(C)C)CC4)CC3)cc21. The van der Waals surface area contributed by atoms with Crippen molar-refractivity contribution in [1.82, 2.24) is 19.8 Å². The summed E-state index contributed by atoms with van der Waals surface area (Å²) in [6.45, 7) is 9.73. The molecule has 1 aromatic carbocycles. The minimum absolute atomic E-state index is 0.0737. The van der Waals surface area contributed by atoms with E-state index >= 15 is 0 Å². The molecule has 4 rings (SSSR count). The van der Waals surface area contributed by atoms with E-state index in [-0.39, 0.29) is 17.8 Å². The summed E-state index contributed by atoms with van der Waals surface area (Å²) in [5.41, 5.74) is 2.48. The smallest absolute Gasteiger partial charge is 0.407 e. The second-order valence-electron chi connectivity index (χ2n) is 9.87. The molecule has 3 heterocycles. The predicted molar refractivity (Wildman–Crippen MR) is 123 cm³/mol. The third-order valence-electron chi connectivity index (χ3n) is 6.49. The zero-order valence-electron chi connectivity index (χ0n) is 19.1. The molecule has 2 N–H and O–H groups in total. The molecular weight excluding hydrogens is 394 g/mol. The number of hydrogen-bond donors (Lipinski definition) is 2. The summed E-state index contributed by atoms with van der Waals surface area (Å²) in [5, 5.41) is 3.03. The number of hydrogen-bond acceptors (Lipinski definition) is 5. The minimum atomic E-state index is -0.459. The number of nitrogens with zero attached hydrogens (tertiary/aromatic N) is 3. The van der Waals surface area contributed by atoms with Gasteiger partial charge in [-0.2, -0.15) is 0 Å². The van der Waals surface area contributed by atoms with E-state index in [1.54, 1.807) is 11.6 Å². The molecule has 2 fully saturated rings. The van der Waals surface area contributed by atoms with Crippen molar-refractivity contribution >= 4 is 22.8 Å². The van der Waals surface area contributed by atoms with Crippen LogP contribution in [0.2, 0.25) is 0 Å². The largest absolute Gasteiger partial charge is 0.444 e. The number of carbonyl (C=O) groups is 1. The number of alkyl carbamates (subject to hydrolysis) is 1. The highest BCUT2D eigenvalue weighted by molar-refractivity contribution is 5.79. The van der Waals surface area contributed by atoms with E-state index in [4.69, 9.17) is 4.74 Å². The molecule has 170 valence electrons. The first-order valence-electron chi connectivity index (χ1n) is 11.4. The van der Waals surface area contributed by atoms with Gasteiger partial charge >= 0.3 is 11.8 Å². The van der Waals surface area contributed by atoms with E-state index in [1.165, 1.54) is 5.69 Å². The van der Waals surface area contributed by atoms with Crippen molar-refractivity contribution in [1.29, 1.82) is 0 Å². The van der Waals surface area contributed by atoms with Crippen molar-refractivity contribution in [3.05, 3.63) is 28.7 Å². The Labute approximate surface area is 183 Å². The highest BCUT2D eigenvalue weighted by Gasteiger charge is 2.29. The number of amides is 1. The van der Waals surface area contributed by atoms with Crippen molar-refractivity contribution in [2.75, 3.05) is 31.1 Å². The lowest BCUT2D eigenvalue weighted by molar-refractivity contribution is 0.0463. The first-order valence-corrected chi connectivity index (χ1v) is 11.4. The summed E-state index contributed by atoms with van der Waals surface area (Å²) in [5.74, 6) is 0. The number of likely N-dealkylation sites (tertiary alicyclic amines) is 1. The van der Waals surface area contributed by atoms with Gasteiger partial charge in [-0.15, -0.1) is 0 Å². The maximum absolute atomic E-state index is 12.0. The highest BCUT2D eigenvalue weighted by atomic mass is 16.6. The number of H-pyrrole nitrogens is 1. The van der Waals surface area contributed by atoms with E-state index in [0.717, 1.165) is 62.9 Å². The van der Waals surface area contributed by atoms with Crippen LogP contribution in [-0.4, -0.2) is 64.4 Å². The van der Waals surface area contributed by atoms with Crippen molar-refractivity contribution < 1.29 is 9.53 Å². The highest BCUT2D eigenvalue weighted by Crippen LogP contribution is 2.26. The van der Waals surface area contributed by atoms with Crippen LogP contribution in [0.15, 0.2) is 23.0 Å². The quantitative estimate of drug-likeness (QED) is 0.784. The summed E-state index contributed by atoms with van der Waals surface area (Å²) in [6, 6.07) is 7.01. The summed E-state index contributed by atoms with van der Waals surface area (Å²) >= 11 is 0. The number of imidazole rings is 1. The molecule has 2 aromatic rings. The van der Waals surface area contributed by atoms with Gasteiger partial charge in [0.2, 0.25) is 0 Å². The molecule has 0 atom stereocenters. The van der Waals surface area contributed by atoms with Crippen LogP contribution in [0.25, 0.3) is 11.0 Å².